The fourth-order valence-corrected chi connectivity index (χ4v) is 4.17. The molecule has 2 aliphatic rings. The Balaban J connectivity index is 2.11. The van der Waals surface area contributed by atoms with E-state index >= 15 is 0 Å². The van der Waals surface area contributed by atoms with Gasteiger partial charge in [0, 0.05) is 6.54 Å². The quantitative estimate of drug-likeness (QED) is 0.679. The first-order valence-corrected chi connectivity index (χ1v) is 8.17. The summed E-state index contributed by atoms with van der Waals surface area (Å²) in [4.78, 5) is 24.5. The van der Waals surface area contributed by atoms with Gasteiger partial charge in [0.1, 0.15) is 0 Å². The Morgan fingerprint density at radius 2 is 2.11 bits per heavy atom. The average Bonchev–Trinajstić information content (AvgIpc) is 2.79. The number of nitrogens with one attached hydrogen (secondary N) is 1. The van der Waals surface area contributed by atoms with E-state index in [9.17, 15) is 18.0 Å². The van der Waals surface area contributed by atoms with Crippen molar-refractivity contribution in [3.8, 4) is 0 Å². The van der Waals surface area contributed by atoms with E-state index in [2.05, 4.69) is 5.32 Å². The van der Waals surface area contributed by atoms with Crippen molar-refractivity contribution >= 4 is 21.7 Å². The van der Waals surface area contributed by atoms with E-state index in [1.165, 1.54) is 4.90 Å². The third-order valence-corrected chi connectivity index (χ3v) is 5.28. The molecule has 8 heteroatoms. The summed E-state index contributed by atoms with van der Waals surface area (Å²) < 4.78 is 23.2. The van der Waals surface area contributed by atoms with Crippen LogP contribution in [-0.4, -0.2) is 67.0 Å². The highest BCUT2D eigenvalue weighted by atomic mass is 32.2. The van der Waals surface area contributed by atoms with Gasteiger partial charge in [-0.25, -0.2) is 8.42 Å². The summed E-state index contributed by atoms with van der Waals surface area (Å²) in [5.41, 5.74) is 0. The average molecular weight is 290 g/mol. The molecule has 7 nitrogen and oxygen atoms in total. The Kier molecular flexibility index (Phi) is 4.10. The first kappa shape index (κ1) is 14.3. The monoisotopic (exact) mass is 290 g/mol. The summed E-state index contributed by atoms with van der Waals surface area (Å²) in [6.07, 6.45) is 1.31. The zero-order valence-corrected chi connectivity index (χ0v) is 11.4. The highest BCUT2D eigenvalue weighted by Crippen LogP contribution is 2.18. The number of carboxylic acid groups (broad SMARTS) is 1. The van der Waals surface area contributed by atoms with Gasteiger partial charge < -0.3 is 15.3 Å². The van der Waals surface area contributed by atoms with Crippen LogP contribution < -0.4 is 5.32 Å². The van der Waals surface area contributed by atoms with Crippen molar-refractivity contribution < 1.29 is 23.1 Å². The van der Waals surface area contributed by atoms with Crippen molar-refractivity contribution in [1.29, 1.82) is 0 Å². The Labute approximate surface area is 111 Å². The van der Waals surface area contributed by atoms with Gasteiger partial charge in [0.15, 0.2) is 9.84 Å². The van der Waals surface area contributed by atoms with Gasteiger partial charge in [0.25, 0.3) is 0 Å². The molecule has 0 spiro atoms. The predicted octanol–water partition coefficient (Wildman–Crippen LogP) is -1.16. The van der Waals surface area contributed by atoms with Crippen LogP contribution in [0, 0.1) is 0 Å². The van der Waals surface area contributed by atoms with Gasteiger partial charge in [0.2, 0.25) is 5.91 Å². The lowest BCUT2D eigenvalue weighted by atomic mass is 10.1. The van der Waals surface area contributed by atoms with Crippen LogP contribution in [-0.2, 0) is 19.4 Å². The summed E-state index contributed by atoms with van der Waals surface area (Å²) in [6, 6.07) is -1.04. The van der Waals surface area contributed by atoms with Crippen LogP contribution in [0.2, 0.25) is 0 Å². The fraction of sp³-hybridized carbons (Fsp3) is 0.818. The van der Waals surface area contributed by atoms with Gasteiger partial charge in [0.05, 0.1) is 30.0 Å². The molecule has 0 aromatic rings. The Hall–Kier alpha value is -1.15. The van der Waals surface area contributed by atoms with E-state index in [0.717, 1.165) is 19.4 Å². The van der Waals surface area contributed by atoms with Gasteiger partial charge in [-0.1, -0.05) is 0 Å². The number of hydrogen-bond acceptors (Lipinski definition) is 5. The molecule has 2 aliphatic heterocycles. The van der Waals surface area contributed by atoms with Crippen LogP contribution in [0.4, 0.5) is 0 Å². The zero-order chi connectivity index (χ0) is 14.0. The van der Waals surface area contributed by atoms with Crippen molar-refractivity contribution in [3.05, 3.63) is 0 Å². The van der Waals surface area contributed by atoms with E-state index < -0.39 is 21.8 Å². The molecule has 0 aromatic heterocycles. The standard InChI is InChI=1S/C11H18N2O5S/c14-10(15)6-8-7-19(17,18)5-4-13(8)11(16)9-2-1-3-12-9/h8-9,12H,1-7H2,(H,14,15)/t8?,9-/m0/s1. The lowest BCUT2D eigenvalue weighted by molar-refractivity contribution is -0.141. The number of carbonyl (C=O) groups is 2. The van der Waals surface area contributed by atoms with Crippen LogP contribution >= 0.6 is 0 Å². The van der Waals surface area contributed by atoms with E-state index in [1.807, 2.05) is 0 Å². The van der Waals surface area contributed by atoms with Gasteiger partial charge in [-0.2, -0.15) is 0 Å². The number of carboxylic acids is 1. The van der Waals surface area contributed by atoms with Crippen LogP contribution in [0.3, 0.4) is 0 Å². The molecule has 2 atom stereocenters. The summed E-state index contributed by atoms with van der Waals surface area (Å²) in [6.45, 7) is 0.865. The number of nitrogens with zero attached hydrogens (tertiary/aromatic N) is 1. The van der Waals surface area contributed by atoms with Gasteiger partial charge in [-0.3, -0.25) is 9.59 Å². The highest BCUT2D eigenvalue weighted by molar-refractivity contribution is 7.91. The number of rotatable bonds is 3. The van der Waals surface area contributed by atoms with Crippen LogP contribution in [0.1, 0.15) is 19.3 Å². The first-order chi connectivity index (χ1) is 8.89. The molecule has 1 unspecified atom stereocenters. The second-order valence-electron chi connectivity index (χ2n) is 5.05. The van der Waals surface area contributed by atoms with Gasteiger partial charge >= 0.3 is 5.97 Å². The van der Waals surface area contributed by atoms with E-state index in [-0.39, 0.29) is 36.4 Å². The van der Waals surface area contributed by atoms with E-state index in [4.69, 9.17) is 5.11 Å². The normalized spacial score (nSPS) is 30.2. The molecule has 2 saturated heterocycles. The molecule has 2 N–H and O–H groups in total. The molecule has 108 valence electrons. The second kappa shape index (κ2) is 5.46. The van der Waals surface area contributed by atoms with Crippen molar-refractivity contribution in [3.63, 3.8) is 0 Å². The Bertz CT molecular complexity index is 469. The number of hydrogen-bond donors (Lipinski definition) is 2. The molecule has 2 fully saturated rings. The number of amides is 1. The summed E-state index contributed by atoms with van der Waals surface area (Å²) in [5.74, 6) is -1.59. The number of sulfone groups is 1. The minimum atomic E-state index is -3.25. The highest BCUT2D eigenvalue weighted by Gasteiger charge is 2.38. The topological polar surface area (TPSA) is 104 Å². The van der Waals surface area contributed by atoms with Crippen molar-refractivity contribution in [1.82, 2.24) is 10.2 Å². The van der Waals surface area contributed by atoms with Crippen molar-refractivity contribution in [2.75, 3.05) is 24.6 Å². The lowest BCUT2D eigenvalue weighted by Crippen LogP contribution is -2.56. The minimum absolute atomic E-state index is 0.0818. The molecule has 0 aliphatic carbocycles. The molecule has 0 bridgehead atoms. The zero-order valence-electron chi connectivity index (χ0n) is 10.5. The molecule has 0 saturated carbocycles. The van der Waals surface area contributed by atoms with Crippen LogP contribution in [0.5, 0.6) is 0 Å². The molecule has 2 heterocycles. The van der Waals surface area contributed by atoms with Crippen LogP contribution in [0.15, 0.2) is 0 Å². The largest absolute Gasteiger partial charge is 0.481 e. The third-order valence-electron chi connectivity index (χ3n) is 3.58. The Morgan fingerprint density at radius 1 is 1.37 bits per heavy atom. The lowest BCUT2D eigenvalue weighted by Gasteiger charge is -2.36. The molecular formula is C11H18N2O5S. The molecular weight excluding hydrogens is 272 g/mol. The third kappa shape index (κ3) is 3.44. The van der Waals surface area contributed by atoms with Crippen molar-refractivity contribution in [2.24, 2.45) is 0 Å². The van der Waals surface area contributed by atoms with Crippen molar-refractivity contribution in [2.45, 2.75) is 31.3 Å². The molecule has 0 aromatic carbocycles. The maximum absolute atomic E-state index is 12.3. The van der Waals surface area contributed by atoms with E-state index in [0.29, 0.717) is 0 Å². The molecule has 0 radical (unpaired) electrons. The molecule has 2 rings (SSSR count). The summed E-state index contributed by atoms with van der Waals surface area (Å²) in [7, 11) is -3.25. The summed E-state index contributed by atoms with van der Waals surface area (Å²) in [5, 5.41) is 11.9. The molecule has 1 amide bonds. The smallest absolute Gasteiger partial charge is 0.305 e. The fourth-order valence-electron chi connectivity index (χ4n) is 2.64. The van der Waals surface area contributed by atoms with Crippen LogP contribution in [0.25, 0.3) is 0 Å². The maximum Gasteiger partial charge on any atom is 0.305 e. The first-order valence-electron chi connectivity index (χ1n) is 6.35. The summed E-state index contributed by atoms with van der Waals surface area (Å²) >= 11 is 0. The maximum atomic E-state index is 12.3. The van der Waals surface area contributed by atoms with Gasteiger partial charge in [-0.05, 0) is 19.4 Å². The second-order valence-corrected chi connectivity index (χ2v) is 7.28. The minimum Gasteiger partial charge on any atom is -0.481 e. The SMILES string of the molecule is O=C(O)CC1CS(=O)(=O)CCN1C(=O)[C@@H]1CCCN1. The van der Waals surface area contributed by atoms with E-state index in [1.54, 1.807) is 0 Å². The number of carbonyl (C=O) groups excluding carboxylic acids is 1. The van der Waals surface area contributed by atoms with Gasteiger partial charge in [-0.15, -0.1) is 0 Å². The number of aliphatic carboxylic acids is 1. The Morgan fingerprint density at radius 3 is 2.68 bits per heavy atom. The molecule has 19 heavy (non-hydrogen) atoms. The predicted molar refractivity (Wildman–Crippen MR) is 67.4 cm³/mol.